The van der Waals surface area contributed by atoms with Crippen LogP contribution in [0.5, 0.6) is 0 Å². The van der Waals surface area contributed by atoms with E-state index in [4.69, 9.17) is 16.0 Å². The molecule has 0 aliphatic rings. The fourth-order valence-corrected chi connectivity index (χ4v) is 3.02. The number of furan rings is 1. The van der Waals surface area contributed by atoms with E-state index in [2.05, 4.69) is 32.2 Å². The number of hydrogen-bond acceptors (Lipinski definition) is 3. The molecule has 1 atom stereocenters. The van der Waals surface area contributed by atoms with Crippen molar-refractivity contribution < 1.29 is 4.42 Å². The fraction of sp³-hybridized carbons (Fsp3) is 0.467. The molecule has 2 nitrogen and oxygen atoms in total. The van der Waals surface area contributed by atoms with E-state index in [1.807, 2.05) is 18.2 Å². The smallest absolute Gasteiger partial charge is 0.126 e. The number of rotatable bonds is 5. The molecule has 0 saturated heterocycles. The molecule has 0 spiro atoms. The highest BCUT2D eigenvalue weighted by Gasteiger charge is 2.19. The van der Waals surface area contributed by atoms with Gasteiger partial charge in [0.05, 0.1) is 10.6 Å². The van der Waals surface area contributed by atoms with Crippen LogP contribution in [0.25, 0.3) is 0 Å². The monoisotopic (exact) mass is 297 g/mol. The van der Waals surface area contributed by atoms with Gasteiger partial charge in [-0.25, -0.2) is 0 Å². The molecule has 0 aliphatic heterocycles. The Bertz CT molecular complexity index is 498. The van der Waals surface area contributed by atoms with Crippen LogP contribution >= 0.6 is 22.9 Å². The summed E-state index contributed by atoms with van der Waals surface area (Å²) in [5, 5.41) is 3.57. The predicted octanol–water partition coefficient (Wildman–Crippen LogP) is 5.11. The van der Waals surface area contributed by atoms with E-state index in [1.165, 1.54) is 4.88 Å². The van der Waals surface area contributed by atoms with Gasteiger partial charge in [-0.1, -0.05) is 32.4 Å². The molecule has 104 valence electrons. The van der Waals surface area contributed by atoms with Crippen LogP contribution in [0.3, 0.4) is 0 Å². The highest BCUT2D eigenvalue weighted by Crippen LogP contribution is 2.31. The highest BCUT2D eigenvalue weighted by molar-refractivity contribution is 7.16. The minimum atomic E-state index is 0.0925. The lowest BCUT2D eigenvalue weighted by Crippen LogP contribution is -2.25. The lowest BCUT2D eigenvalue weighted by molar-refractivity contribution is 0.352. The van der Waals surface area contributed by atoms with E-state index < -0.39 is 0 Å². The topological polar surface area (TPSA) is 25.2 Å². The Morgan fingerprint density at radius 1 is 1.32 bits per heavy atom. The number of hydrogen-bond donors (Lipinski definition) is 1. The summed E-state index contributed by atoms with van der Waals surface area (Å²) in [4.78, 5) is 1.19. The highest BCUT2D eigenvalue weighted by atomic mass is 35.5. The molecule has 0 fully saturated rings. The second kappa shape index (κ2) is 6.12. The van der Waals surface area contributed by atoms with Gasteiger partial charge >= 0.3 is 0 Å². The summed E-state index contributed by atoms with van der Waals surface area (Å²) >= 11 is 7.63. The Kier molecular flexibility index (Phi) is 4.71. The van der Waals surface area contributed by atoms with Gasteiger partial charge < -0.3 is 9.73 Å². The summed E-state index contributed by atoms with van der Waals surface area (Å²) in [7, 11) is 0. The largest absolute Gasteiger partial charge is 0.467 e. The molecule has 2 aromatic heterocycles. The van der Waals surface area contributed by atoms with Gasteiger partial charge in [0.2, 0.25) is 0 Å². The Labute approximate surface area is 123 Å². The molecule has 2 rings (SSSR count). The predicted molar refractivity (Wildman–Crippen MR) is 82.0 cm³/mol. The molecule has 0 aromatic carbocycles. The standard InChI is InChI=1S/C15H20ClNOS/c1-15(2,3)8-9-17-14(11-5-4-10-18-11)12-6-7-13(16)19-12/h4-7,10,14,17H,8-9H2,1-3H3. The Morgan fingerprint density at radius 2 is 2.11 bits per heavy atom. The van der Waals surface area contributed by atoms with Crippen molar-refractivity contribution in [3.63, 3.8) is 0 Å². The molecule has 0 saturated carbocycles. The third-order valence-electron chi connectivity index (χ3n) is 2.93. The first-order valence-corrected chi connectivity index (χ1v) is 7.67. The van der Waals surface area contributed by atoms with Crippen molar-refractivity contribution in [3.8, 4) is 0 Å². The second-order valence-electron chi connectivity index (χ2n) is 5.86. The quantitative estimate of drug-likeness (QED) is 0.829. The van der Waals surface area contributed by atoms with Gasteiger partial charge in [-0.2, -0.15) is 0 Å². The molecule has 2 aromatic rings. The molecule has 0 aliphatic carbocycles. The maximum Gasteiger partial charge on any atom is 0.126 e. The van der Waals surface area contributed by atoms with Crippen molar-refractivity contribution >= 4 is 22.9 Å². The zero-order valence-corrected chi connectivity index (χ0v) is 13.1. The molecular formula is C15H20ClNOS. The third-order valence-corrected chi connectivity index (χ3v) is 4.23. The van der Waals surface area contributed by atoms with Gasteiger partial charge in [0.15, 0.2) is 0 Å². The maximum atomic E-state index is 6.03. The molecule has 0 amide bonds. The number of nitrogens with one attached hydrogen (secondary N) is 1. The van der Waals surface area contributed by atoms with Crippen LogP contribution in [-0.4, -0.2) is 6.54 Å². The van der Waals surface area contributed by atoms with Crippen molar-refractivity contribution in [3.05, 3.63) is 45.5 Å². The number of halogens is 1. The summed E-state index contributed by atoms with van der Waals surface area (Å²) in [6, 6.07) is 8.01. The fourth-order valence-electron chi connectivity index (χ4n) is 1.87. The van der Waals surface area contributed by atoms with E-state index in [0.717, 1.165) is 23.1 Å². The van der Waals surface area contributed by atoms with E-state index in [0.29, 0.717) is 5.41 Å². The summed E-state index contributed by atoms with van der Waals surface area (Å²) in [6.45, 7) is 7.69. The first kappa shape index (κ1) is 14.6. The minimum absolute atomic E-state index is 0.0925. The van der Waals surface area contributed by atoms with Crippen LogP contribution in [0.15, 0.2) is 34.9 Å². The molecule has 19 heavy (non-hydrogen) atoms. The van der Waals surface area contributed by atoms with Crippen LogP contribution in [0, 0.1) is 5.41 Å². The van der Waals surface area contributed by atoms with Crippen molar-refractivity contribution in [2.75, 3.05) is 6.54 Å². The van der Waals surface area contributed by atoms with E-state index in [9.17, 15) is 0 Å². The summed E-state index contributed by atoms with van der Waals surface area (Å²) in [6.07, 6.45) is 2.83. The van der Waals surface area contributed by atoms with E-state index in [1.54, 1.807) is 17.6 Å². The molecule has 0 bridgehead atoms. The summed E-state index contributed by atoms with van der Waals surface area (Å²) < 4.78 is 6.35. The molecule has 2 heterocycles. The van der Waals surface area contributed by atoms with Gasteiger partial charge in [0.1, 0.15) is 11.8 Å². The SMILES string of the molecule is CC(C)(C)CCNC(c1ccco1)c1ccc(Cl)s1. The van der Waals surface area contributed by atoms with Gasteiger partial charge in [-0.3, -0.25) is 0 Å². The summed E-state index contributed by atoms with van der Waals surface area (Å²) in [5.41, 5.74) is 0.327. The zero-order valence-electron chi connectivity index (χ0n) is 11.6. The van der Waals surface area contributed by atoms with Crippen molar-refractivity contribution in [2.24, 2.45) is 5.41 Å². The average Bonchev–Trinajstić information content (AvgIpc) is 2.94. The van der Waals surface area contributed by atoms with Crippen LogP contribution in [0.4, 0.5) is 0 Å². The van der Waals surface area contributed by atoms with Crippen LogP contribution < -0.4 is 5.32 Å². The van der Waals surface area contributed by atoms with E-state index in [-0.39, 0.29) is 6.04 Å². The molecular weight excluding hydrogens is 278 g/mol. The lowest BCUT2D eigenvalue weighted by Gasteiger charge is -2.21. The number of thiophene rings is 1. The molecule has 4 heteroatoms. The van der Waals surface area contributed by atoms with Crippen LogP contribution in [0.1, 0.15) is 43.9 Å². The van der Waals surface area contributed by atoms with Crippen LogP contribution in [-0.2, 0) is 0 Å². The zero-order chi connectivity index (χ0) is 13.9. The molecule has 1 unspecified atom stereocenters. The normalized spacial score (nSPS) is 13.7. The van der Waals surface area contributed by atoms with Crippen molar-refractivity contribution in [1.29, 1.82) is 0 Å². The minimum Gasteiger partial charge on any atom is -0.467 e. The van der Waals surface area contributed by atoms with E-state index >= 15 is 0 Å². The van der Waals surface area contributed by atoms with Crippen LogP contribution in [0.2, 0.25) is 4.34 Å². The van der Waals surface area contributed by atoms with Gasteiger partial charge in [-0.15, -0.1) is 11.3 Å². The Balaban J connectivity index is 2.08. The molecule has 1 N–H and O–H groups in total. The average molecular weight is 298 g/mol. The molecule has 0 radical (unpaired) electrons. The second-order valence-corrected chi connectivity index (χ2v) is 7.60. The van der Waals surface area contributed by atoms with Gasteiger partial charge in [0, 0.05) is 4.88 Å². The Morgan fingerprint density at radius 3 is 2.63 bits per heavy atom. The lowest BCUT2D eigenvalue weighted by atomic mass is 9.92. The van der Waals surface area contributed by atoms with Gasteiger partial charge in [0.25, 0.3) is 0 Å². The van der Waals surface area contributed by atoms with Crippen molar-refractivity contribution in [2.45, 2.75) is 33.2 Å². The first-order chi connectivity index (χ1) is 8.96. The van der Waals surface area contributed by atoms with Crippen molar-refractivity contribution in [1.82, 2.24) is 5.32 Å². The van der Waals surface area contributed by atoms with Gasteiger partial charge in [-0.05, 0) is 42.6 Å². The maximum absolute atomic E-state index is 6.03. The Hall–Kier alpha value is -0.770. The summed E-state index contributed by atoms with van der Waals surface area (Å²) in [5.74, 6) is 0.937. The first-order valence-electron chi connectivity index (χ1n) is 6.48. The third kappa shape index (κ3) is 4.37.